The number of rotatable bonds is 4. The fourth-order valence-corrected chi connectivity index (χ4v) is 3.49. The third kappa shape index (κ3) is 2.26. The first-order valence-electron chi connectivity index (χ1n) is 6.69. The number of hydrogen-bond acceptors (Lipinski definition) is 3. The molecule has 100 valence electrons. The lowest BCUT2D eigenvalue weighted by Gasteiger charge is -2.37. The lowest BCUT2D eigenvalue weighted by atomic mass is 9.91. The summed E-state index contributed by atoms with van der Waals surface area (Å²) >= 11 is 1.61. The predicted octanol–water partition coefficient (Wildman–Crippen LogP) is 2.89. The smallest absolute Gasteiger partial charge is 0.255 e. The number of aliphatic hydroxyl groups is 1. The van der Waals surface area contributed by atoms with Gasteiger partial charge >= 0.3 is 0 Å². The Morgan fingerprint density at radius 2 is 2.16 bits per heavy atom. The van der Waals surface area contributed by atoms with Crippen LogP contribution >= 0.6 is 11.3 Å². The van der Waals surface area contributed by atoms with Gasteiger partial charge in [-0.25, -0.2) is 0 Å². The predicted molar refractivity (Wildman–Crippen MR) is 77.6 cm³/mol. The van der Waals surface area contributed by atoms with E-state index in [-0.39, 0.29) is 12.5 Å². The molecule has 1 saturated carbocycles. The Morgan fingerprint density at radius 1 is 1.37 bits per heavy atom. The van der Waals surface area contributed by atoms with E-state index >= 15 is 0 Å². The van der Waals surface area contributed by atoms with Gasteiger partial charge in [0.25, 0.3) is 5.91 Å². The molecule has 1 aromatic carbocycles. The molecule has 1 aliphatic carbocycles. The third-order valence-corrected chi connectivity index (χ3v) is 4.79. The van der Waals surface area contributed by atoms with E-state index in [1.165, 1.54) is 6.42 Å². The topological polar surface area (TPSA) is 40.5 Å². The van der Waals surface area contributed by atoms with Crippen LogP contribution in [0.1, 0.15) is 29.6 Å². The highest BCUT2D eigenvalue weighted by Crippen LogP contribution is 2.30. The van der Waals surface area contributed by atoms with Crippen molar-refractivity contribution in [2.45, 2.75) is 25.3 Å². The summed E-state index contributed by atoms with van der Waals surface area (Å²) in [6, 6.07) is 8.31. The van der Waals surface area contributed by atoms with E-state index in [0.29, 0.717) is 12.6 Å². The number of hydrogen-bond donors (Lipinski definition) is 1. The molecule has 1 aliphatic rings. The van der Waals surface area contributed by atoms with Crippen LogP contribution in [0.2, 0.25) is 0 Å². The maximum Gasteiger partial charge on any atom is 0.255 e. The molecule has 1 aromatic heterocycles. The molecular weight excluding hydrogens is 258 g/mol. The number of carbonyl (C=O) groups excluding carboxylic acids is 1. The molecule has 0 bridgehead atoms. The number of amides is 1. The first-order valence-corrected chi connectivity index (χ1v) is 7.57. The highest BCUT2D eigenvalue weighted by atomic mass is 32.1. The van der Waals surface area contributed by atoms with Gasteiger partial charge in [-0.2, -0.15) is 0 Å². The minimum absolute atomic E-state index is 0.0321. The number of benzene rings is 1. The maximum absolute atomic E-state index is 12.7. The van der Waals surface area contributed by atoms with Crippen LogP contribution < -0.4 is 0 Å². The summed E-state index contributed by atoms with van der Waals surface area (Å²) < 4.78 is 1.14. The van der Waals surface area contributed by atoms with Crippen molar-refractivity contribution < 1.29 is 9.90 Å². The molecule has 2 aromatic rings. The normalized spacial score (nSPS) is 15.4. The van der Waals surface area contributed by atoms with Gasteiger partial charge < -0.3 is 10.0 Å². The monoisotopic (exact) mass is 275 g/mol. The summed E-state index contributed by atoms with van der Waals surface area (Å²) in [6.07, 6.45) is 3.31. The van der Waals surface area contributed by atoms with Crippen molar-refractivity contribution in [3.8, 4) is 0 Å². The van der Waals surface area contributed by atoms with Crippen LogP contribution in [0.5, 0.6) is 0 Å². The summed E-state index contributed by atoms with van der Waals surface area (Å²) in [4.78, 5) is 14.5. The van der Waals surface area contributed by atoms with Crippen LogP contribution in [-0.4, -0.2) is 35.1 Å². The zero-order valence-electron chi connectivity index (χ0n) is 10.7. The minimum atomic E-state index is 0.0321. The molecule has 0 radical (unpaired) electrons. The second-order valence-corrected chi connectivity index (χ2v) is 5.86. The van der Waals surface area contributed by atoms with Gasteiger partial charge in [-0.15, -0.1) is 11.3 Å². The molecule has 3 nitrogen and oxygen atoms in total. The molecule has 1 N–H and O–H groups in total. The Balaban J connectivity index is 1.92. The van der Waals surface area contributed by atoms with Crippen molar-refractivity contribution in [1.29, 1.82) is 0 Å². The van der Waals surface area contributed by atoms with E-state index in [0.717, 1.165) is 28.5 Å². The van der Waals surface area contributed by atoms with Gasteiger partial charge in [0.15, 0.2) is 0 Å². The number of thiophene rings is 1. The fourth-order valence-electron chi connectivity index (χ4n) is 2.55. The molecule has 0 spiro atoms. The van der Waals surface area contributed by atoms with E-state index in [1.807, 2.05) is 34.5 Å². The molecular formula is C15H17NO2S. The largest absolute Gasteiger partial charge is 0.395 e. The van der Waals surface area contributed by atoms with Crippen LogP contribution in [-0.2, 0) is 0 Å². The molecule has 0 aliphatic heterocycles. The lowest BCUT2D eigenvalue weighted by molar-refractivity contribution is 0.0528. The van der Waals surface area contributed by atoms with Gasteiger partial charge in [0.1, 0.15) is 0 Å². The Morgan fingerprint density at radius 3 is 2.84 bits per heavy atom. The second kappa shape index (κ2) is 5.31. The zero-order valence-corrected chi connectivity index (χ0v) is 11.5. The summed E-state index contributed by atoms with van der Waals surface area (Å²) in [6.45, 7) is 0.470. The molecule has 0 saturated heterocycles. The van der Waals surface area contributed by atoms with Crippen molar-refractivity contribution in [2.75, 3.05) is 13.2 Å². The molecule has 0 unspecified atom stereocenters. The highest BCUT2D eigenvalue weighted by Gasteiger charge is 2.29. The minimum Gasteiger partial charge on any atom is -0.395 e. The molecule has 0 atom stereocenters. The Labute approximate surface area is 116 Å². The van der Waals surface area contributed by atoms with Crippen molar-refractivity contribution in [3.05, 3.63) is 35.2 Å². The fraction of sp³-hybridized carbons (Fsp3) is 0.400. The number of fused-ring (bicyclic) bond motifs is 1. The summed E-state index contributed by atoms with van der Waals surface area (Å²) in [5.41, 5.74) is 0.779. The first-order chi connectivity index (χ1) is 9.31. The SMILES string of the molecule is O=C(c1csc2ccccc12)N(CCO)C1CCC1. The first kappa shape index (κ1) is 12.6. The third-order valence-electron chi connectivity index (χ3n) is 3.83. The van der Waals surface area contributed by atoms with Gasteiger partial charge in [-0.05, 0) is 25.3 Å². The van der Waals surface area contributed by atoms with Gasteiger partial charge in [0, 0.05) is 28.1 Å². The number of nitrogens with zero attached hydrogens (tertiary/aromatic N) is 1. The molecule has 1 amide bonds. The summed E-state index contributed by atoms with van der Waals surface area (Å²) in [5, 5.41) is 12.1. The van der Waals surface area contributed by atoms with Crippen molar-refractivity contribution in [3.63, 3.8) is 0 Å². The van der Waals surface area contributed by atoms with E-state index in [4.69, 9.17) is 0 Å². The molecule has 1 heterocycles. The second-order valence-electron chi connectivity index (χ2n) is 4.95. The van der Waals surface area contributed by atoms with Gasteiger partial charge in [0.05, 0.1) is 12.2 Å². The number of aliphatic hydroxyl groups excluding tert-OH is 1. The maximum atomic E-state index is 12.7. The van der Waals surface area contributed by atoms with Crippen LogP contribution in [0, 0.1) is 0 Å². The van der Waals surface area contributed by atoms with Crippen LogP contribution in [0.15, 0.2) is 29.6 Å². The van der Waals surface area contributed by atoms with Gasteiger partial charge in [0.2, 0.25) is 0 Å². The average molecular weight is 275 g/mol. The van der Waals surface area contributed by atoms with Gasteiger partial charge in [-0.3, -0.25) is 4.79 Å². The lowest BCUT2D eigenvalue weighted by Crippen LogP contribution is -2.45. The summed E-state index contributed by atoms with van der Waals surface area (Å²) in [7, 11) is 0. The highest BCUT2D eigenvalue weighted by molar-refractivity contribution is 7.17. The Kier molecular flexibility index (Phi) is 3.53. The molecule has 3 rings (SSSR count). The van der Waals surface area contributed by atoms with E-state index in [2.05, 4.69) is 0 Å². The van der Waals surface area contributed by atoms with Crippen molar-refractivity contribution in [2.24, 2.45) is 0 Å². The quantitative estimate of drug-likeness (QED) is 0.932. The van der Waals surface area contributed by atoms with Crippen LogP contribution in [0.3, 0.4) is 0 Å². The molecule has 4 heteroatoms. The van der Waals surface area contributed by atoms with Crippen molar-refractivity contribution >= 4 is 27.3 Å². The average Bonchev–Trinajstić information content (AvgIpc) is 2.79. The number of carbonyl (C=O) groups is 1. The zero-order chi connectivity index (χ0) is 13.2. The molecule has 1 fully saturated rings. The van der Waals surface area contributed by atoms with E-state index in [1.54, 1.807) is 11.3 Å². The van der Waals surface area contributed by atoms with Gasteiger partial charge in [-0.1, -0.05) is 18.2 Å². The Bertz CT molecular complexity index is 589. The Hall–Kier alpha value is -1.39. The van der Waals surface area contributed by atoms with Crippen LogP contribution in [0.25, 0.3) is 10.1 Å². The summed E-state index contributed by atoms with van der Waals surface area (Å²) in [5.74, 6) is 0.0659. The van der Waals surface area contributed by atoms with E-state index in [9.17, 15) is 9.90 Å². The van der Waals surface area contributed by atoms with Crippen molar-refractivity contribution in [1.82, 2.24) is 4.90 Å². The van der Waals surface area contributed by atoms with Crippen LogP contribution in [0.4, 0.5) is 0 Å². The standard InChI is InChI=1S/C15H17NO2S/c17-9-8-16(11-4-3-5-11)15(18)13-10-19-14-7-2-1-6-12(13)14/h1-2,6-7,10-11,17H,3-5,8-9H2. The van der Waals surface area contributed by atoms with E-state index < -0.39 is 0 Å². The molecule has 19 heavy (non-hydrogen) atoms.